The number of hydrogen-bond donors (Lipinski definition) is 1. The summed E-state index contributed by atoms with van der Waals surface area (Å²) in [6.07, 6.45) is 2.74. The van der Waals surface area contributed by atoms with Crippen molar-refractivity contribution in [2.75, 3.05) is 0 Å². The number of halogens is 1. The van der Waals surface area contributed by atoms with Crippen LogP contribution in [0.25, 0.3) is 5.69 Å². The van der Waals surface area contributed by atoms with Crippen LogP contribution in [0.2, 0.25) is 0 Å². The Labute approximate surface area is 184 Å². The summed E-state index contributed by atoms with van der Waals surface area (Å²) >= 11 is 0.903. The van der Waals surface area contributed by atoms with Crippen molar-refractivity contribution in [1.82, 2.24) is 24.3 Å². The number of nitrogens with two attached hydrogens (primary N) is 1. The third-order valence-corrected chi connectivity index (χ3v) is 6.26. The number of nitrogens with zero attached hydrogens (tertiary/aromatic N) is 5. The number of aromatic nitrogens is 5. The maximum Gasteiger partial charge on any atom is 0.351 e. The molecule has 5 rings (SSSR count). The largest absolute Gasteiger partial charge is 0.423 e. The van der Waals surface area contributed by atoms with Gasteiger partial charge in [0.25, 0.3) is 11.8 Å². The molecule has 4 aromatic rings. The zero-order valence-corrected chi connectivity index (χ0v) is 17.7. The van der Waals surface area contributed by atoms with Gasteiger partial charge in [-0.2, -0.15) is 4.68 Å². The zero-order valence-electron chi connectivity index (χ0n) is 16.9. The molecule has 0 fully saturated rings. The highest BCUT2D eigenvalue weighted by molar-refractivity contribution is 7.15. The molecule has 162 valence electrons. The van der Waals surface area contributed by atoms with Gasteiger partial charge in [0.2, 0.25) is 5.06 Å². The minimum atomic E-state index is -0.782. The van der Waals surface area contributed by atoms with Gasteiger partial charge in [-0.15, -0.1) is 5.10 Å². The molecule has 1 unspecified atom stereocenters. The Morgan fingerprint density at radius 1 is 1.31 bits per heavy atom. The summed E-state index contributed by atoms with van der Waals surface area (Å²) in [5.74, 6) is -1.14. The summed E-state index contributed by atoms with van der Waals surface area (Å²) in [4.78, 5) is 32.3. The van der Waals surface area contributed by atoms with Gasteiger partial charge < -0.3 is 10.5 Å². The molecule has 0 bridgehead atoms. The van der Waals surface area contributed by atoms with E-state index in [1.165, 1.54) is 6.20 Å². The quantitative estimate of drug-likeness (QED) is 0.498. The maximum atomic E-state index is 14.8. The van der Waals surface area contributed by atoms with Crippen molar-refractivity contribution in [2.24, 2.45) is 5.73 Å². The standard InChI is InChI=1S/C21H17FN6O3S/c1-11-20(32-19(25-11)17(23)29)31-18-14(22)9-13(10-24-18)28-21(30)27-15(7-8-16(27)26-28)12-5-3-2-4-6-12/h2-6,9-10,15H,7-8H2,1H3,(H2,23,29). The summed E-state index contributed by atoms with van der Waals surface area (Å²) < 4.78 is 23.0. The number of thiazole rings is 1. The number of amides is 1. The highest BCUT2D eigenvalue weighted by Gasteiger charge is 2.29. The van der Waals surface area contributed by atoms with Crippen molar-refractivity contribution in [1.29, 1.82) is 0 Å². The highest BCUT2D eigenvalue weighted by atomic mass is 32.1. The summed E-state index contributed by atoms with van der Waals surface area (Å²) in [6.45, 7) is 1.61. The number of ether oxygens (including phenoxy) is 1. The van der Waals surface area contributed by atoms with E-state index in [1.54, 1.807) is 11.5 Å². The Hall–Kier alpha value is -3.86. The number of carbonyl (C=O) groups excluding carboxylic acids is 1. The van der Waals surface area contributed by atoms with Crippen molar-refractivity contribution in [2.45, 2.75) is 25.8 Å². The Morgan fingerprint density at radius 3 is 2.78 bits per heavy atom. The predicted octanol–water partition coefficient (Wildman–Crippen LogP) is 2.76. The molecule has 0 spiro atoms. The Morgan fingerprint density at radius 2 is 2.09 bits per heavy atom. The van der Waals surface area contributed by atoms with Gasteiger partial charge in [0, 0.05) is 12.5 Å². The van der Waals surface area contributed by atoms with E-state index >= 15 is 0 Å². The number of benzene rings is 1. The first-order chi connectivity index (χ1) is 15.4. The molecule has 1 aromatic carbocycles. The Balaban J connectivity index is 1.46. The molecule has 0 saturated heterocycles. The van der Waals surface area contributed by atoms with Crippen LogP contribution in [-0.4, -0.2) is 30.2 Å². The molecule has 32 heavy (non-hydrogen) atoms. The van der Waals surface area contributed by atoms with Crippen molar-refractivity contribution in [3.8, 4) is 16.6 Å². The van der Waals surface area contributed by atoms with Crippen LogP contribution in [-0.2, 0) is 6.42 Å². The van der Waals surface area contributed by atoms with Crippen LogP contribution in [0.3, 0.4) is 0 Å². The van der Waals surface area contributed by atoms with Gasteiger partial charge in [-0.3, -0.25) is 9.36 Å². The molecule has 4 heterocycles. The second-order valence-electron chi connectivity index (χ2n) is 7.28. The predicted molar refractivity (Wildman–Crippen MR) is 114 cm³/mol. The molecule has 0 radical (unpaired) electrons. The lowest BCUT2D eigenvalue weighted by atomic mass is 10.1. The van der Waals surface area contributed by atoms with Crippen molar-refractivity contribution in [3.05, 3.63) is 81.0 Å². The lowest BCUT2D eigenvalue weighted by molar-refractivity contribution is 0.1000. The topological polar surface area (TPSA) is 118 Å². The van der Waals surface area contributed by atoms with E-state index in [9.17, 15) is 14.0 Å². The van der Waals surface area contributed by atoms with Crippen LogP contribution in [0.5, 0.6) is 10.9 Å². The fraction of sp³-hybridized carbons (Fsp3) is 0.190. The van der Waals surface area contributed by atoms with Crippen LogP contribution in [0, 0.1) is 12.7 Å². The number of pyridine rings is 1. The summed E-state index contributed by atoms with van der Waals surface area (Å²) in [5, 5.41) is 4.66. The van der Waals surface area contributed by atoms with Gasteiger partial charge in [0.1, 0.15) is 5.82 Å². The van der Waals surface area contributed by atoms with E-state index in [0.29, 0.717) is 17.9 Å². The second-order valence-corrected chi connectivity index (χ2v) is 8.25. The molecule has 1 atom stereocenters. The molecular weight excluding hydrogens is 435 g/mol. The monoisotopic (exact) mass is 452 g/mol. The first kappa shape index (κ1) is 20.1. The van der Waals surface area contributed by atoms with Crippen molar-refractivity contribution < 1.29 is 13.9 Å². The van der Waals surface area contributed by atoms with Crippen molar-refractivity contribution in [3.63, 3.8) is 0 Å². The molecular formula is C21H17FN6O3S. The minimum absolute atomic E-state index is 0.0570. The summed E-state index contributed by atoms with van der Waals surface area (Å²) in [6, 6.07) is 10.8. The Bertz CT molecular complexity index is 1390. The molecule has 11 heteroatoms. The average molecular weight is 452 g/mol. The smallest absolute Gasteiger partial charge is 0.351 e. The number of carbonyl (C=O) groups is 1. The Kier molecular flexibility index (Phi) is 4.82. The average Bonchev–Trinajstić information content (AvgIpc) is 3.45. The van der Waals surface area contributed by atoms with E-state index < -0.39 is 11.7 Å². The minimum Gasteiger partial charge on any atom is -0.423 e. The van der Waals surface area contributed by atoms with Crippen LogP contribution < -0.4 is 16.2 Å². The van der Waals surface area contributed by atoms with Gasteiger partial charge in [-0.25, -0.2) is 19.2 Å². The fourth-order valence-electron chi connectivity index (χ4n) is 3.73. The fourth-order valence-corrected chi connectivity index (χ4v) is 4.51. The van der Waals surface area contributed by atoms with Crippen LogP contribution in [0.1, 0.15) is 39.3 Å². The molecule has 9 nitrogen and oxygen atoms in total. The van der Waals surface area contributed by atoms with Gasteiger partial charge in [-0.05, 0) is 18.9 Å². The van der Waals surface area contributed by atoms with E-state index in [0.717, 1.165) is 34.1 Å². The molecule has 0 aliphatic carbocycles. The third-order valence-electron chi connectivity index (χ3n) is 5.21. The highest BCUT2D eigenvalue weighted by Crippen LogP contribution is 2.32. The maximum absolute atomic E-state index is 14.8. The van der Waals surface area contributed by atoms with Gasteiger partial charge in [0.15, 0.2) is 10.8 Å². The number of hydrogen-bond acceptors (Lipinski definition) is 7. The lowest BCUT2D eigenvalue weighted by Gasteiger charge is -2.12. The first-order valence-corrected chi connectivity index (χ1v) is 10.6. The SMILES string of the molecule is Cc1nc(C(N)=O)sc1Oc1ncc(-n2nc3n(c2=O)C(c2ccccc2)CC3)cc1F. The normalized spacial score (nSPS) is 15.0. The van der Waals surface area contributed by atoms with E-state index in [1.807, 2.05) is 30.3 Å². The first-order valence-electron chi connectivity index (χ1n) is 9.78. The van der Waals surface area contributed by atoms with Crippen LogP contribution in [0.15, 0.2) is 47.4 Å². The number of primary amides is 1. The molecule has 1 amide bonds. The van der Waals surface area contributed by atoms with Gasteiger partial charge in [0.05, 0.1) is 23.6 Å². The molecule has 3 aromatic heterocycles. The molecule has 0 saturated carbocycles. The summed E-state index contributed by atoms with van der Waals surface area (Å²) in [5.41, 5.74) is 6.46. The van der Waals surface area contributed by atoms with E-state index in [-0.39, 0.29) is 33.4 Å². The molecule has 2 N–H and O–H groups in total. The summed E-state index contributed by atoms with van der Waals surface area (Å²) in [7, 11) is 0. The van der Waals surface area contributed by atoms with E-state index in [4.69, 9.17) is 10.5 Å². The van der Waals surface area contributed by atoms with Gasteiger partial charge >= 0.3 is 5.69 Å². The van der Waals surface area contributed by atoms with Crippen molar-refractivity contribution >= 4 is 17.2 Å². The number of aryl methyl sites for hydroxylation is 2. The van der Waals surface area contributed by atoms with Crippen LogP contribution in [0.4, 0.5) is 4.39 Å². The number of rotatable bonds is 5. The molecule has 1 aliphatic heterocycles. The lowest BCUT2D eigenvalue weighted by Crippen LogP contribution is -2.26. The third kappa shape index (κ3) is 3.36. The van der Waals surface area contributed by atoms with Crippen LogP contribution >= 0.6 is 11.3 Å². The van der Waals surface area contributed by atoms with E-state index in [2.05, 4.69) is 15.1 Å². The molecule has 1 aliphatic rings. The second kappa shape index (κ2) is 7.68. The zero-order chi connectivity index (χ0) is 22.4. The number of fused-ring (bicyclic) bond motifs is 1. The van der Waals surface area contributed by atoms with Gasteiger partial charge in [-0.1, -0.05) is 41.7 Å².